The van der Waals surface area contributed by atoms with Gasteiger partial charge < -0.3 is 14.6 Å². The van der Waals surface area contributed by atoms with Gasteiger partial charge in [-0.05, 0) is 30.9 Å². The highest BCUT2D eigenvalue weighted by Crippen LogP contribution is 2.28. The molecule has 1 N–H and O–H groups in total. The number of aromatic nitrogens is 3. The van der Waals surface area contributed by atoms with Gasteiger partial charge in [0.1, 0.15) is 11.4 Å². The van der Waals surface area contributed by atoms with Crippen LogP contribution in [0.1, 0.15) is 23.2 Å². The lowest BCUT2D eigenvalue weighted by Gasteiger charge is -2.34. The second-order valence-electron chi connectivity index (χ2n) is 6.95. The molecule has 138 valence electrons. The van der Waals surface area contributed by atoms with Crippen LogP contribution in [0.15, 0.2) is 61.2 Å². The van der Waals surface area contributed by atoms with E-state index in [1.54, 1.807) is 18.3 Å². The zero-order valence-corrected chi connectivity index (χ0v) is 15.0. The molecule has 0 saturated carbocycles. The normalized spacial score (nSPS) is 17.0. The van der Waals surface area contributed by atoms with Crippen molar-refractivity contribution in [3.63, 3.8) is 0 Å². The van der Waals surface area contributed by atoms with Crippen LogP contribution in [0.3, 0.4) is 0 Å². The van der Waals surface area contributed by atoms with Gasteiger partial charge in [-0.1, -0.05) is 30.3 Å². The largest absolute Gasteiger partial charge is 0.478 e. The Morgan fingerprint density at radius 2 is 2.04 bits per heavy atom. The number of nitrogens with zero attached hydrogens (tertiary/aromatic N) is 4. The molecule has 0 spiro atoms. The number of anilines is 1. The molecule has 3 aromatic rings. The van der Waals surface area contributed by atoms with Gasteiger partial charge in [0.2, 0.25) is 0 Å². The standard InChI is InChI=1S/C21H22N4O2/c26-21(27)18-8-9-19(17-6-2-1-3-7-17)23-20(18)25-11-4-5-16(14-25)13-24-12-10-22-15-24/h1-3,6-10,12,15-16H,4-5,11,13-14H2,(H,26,27)/t16-/m0/s1. The fourth-order valence-electron chi connectivity index (χ4n) is 3.73. The first-order valence-electron chi connectivity index (χ1n) is 9.21. The number of pyridine rings is 1. The highest BCUT2D eigenvalue weighted by molar-refractivity contribution is 5.94. The molecule has 2 aromatic heterocycles. The van der Waals surface area contributed by atoms with Crippen LogP contribution in [0, 0.1) is 5.92 Å². The molecule has 1 aromatic carbocycles. The van der Waals surface area contributed by atoms with Gasteiger partial charge in [-0.3, -0.25) is 0 Å². The van der Waals surface area contributed by atoms with Crippen LogP contribution in [0.2, 0.25) is 0 Å². The smallest absolute Gasteiger partial charge is 0.339 e. The molecule has 0 amide bonds. The van der Waals surface area contributed by atoms with Crippen LogP contribution in [0.4, 0.5) is 5.82 Å². The van der Waals surface area contributed by atoms with Crippen molar-refractivity contribution >= 4 is 11.8 Å². The van der Waals surface area contributed by atoms with Gasteiger partial charge in [0.05, 0.1) is 12.0 Å². The molecule has 0 radical (unpaired) electrons. The van der Waals surface area contributed by atoms with E-state index < -0.39 is 5.97 Å². The topological polar surface area (TPSA) is 71.2 Å². The van der Waals surface area contributed by atoms with Crippen molar-refractivity contribution in [1.29, 1.82) is 0 Å². The van der Waals surface area contributed by atoms with Gasteiger partial charge in [0.25, 0.3) is 0 Å². The fraction of sp³-hybridized carbons (Fsp3) is 0.286. The van der Waals surface area contributed by atoms with E-state index in [0.717, 1.165) is 43.7 Å². The summed E-state index contributed by atoms with van der Waals surface area (Å²) in [6, 6.07) is 13.3. The van der Waals surface area contributed by atoms with Crippen molar-refractivity contribution in [2.75, 3.05) is 18.0 Å². The van der Waals surface area contributed by atoms with Crippen molar-refractivity contribution in [3.05, 3.63) is 66.7 Å². The molecule has 3 heterocycles. The Balaban J connectivity index is 1.63. The van der Waals surface area contributed by atoms with Crippen LogP contribution in [0.5, 0.6) is 0 Å². The van der Waals surface area contributed by atoms with Gasteiger partial charge in [-0.25, -0.2) is 14.8 Å². The summed E-state index contributed by atoms with van der Waals surface area (Å²) in [5.41, 5.74) is 2.05. The number of carbonyl (C=O) groups is 1. The lowest BCUT2D eigenvalue weighted by molar-refractivity contribution is 0.0697. The van der Waals surface area contributed by atoms with Gasteiger partial charge >= 0.3 is 5.97 Å². The van der Waals surface area contributed by atoms with Crippen LogP contribution in [0.25, 0.3) is 11.3 Å². The van der Waals surface area contributed by atoms with Crippen molar-refractivity contribution in [3.8, 4) is 11.3 Å². The van der Waals surface area contributed by atoms with E-state index in [-0.39, 0.29) is 5.56 Å². The molecule has 0 bridgehead atoms. The summed E-state index contributed by atoms with van der Waals surface area (Å²) in [4.78, 5) is 22.7. The number of rotatable bonds is 5. The van der Waals surface area contributed by atoms with Crippen molar-refractivity contribution < 1.29 is 9.90 Å². The summed E-state index contributed by atoms with van der Waals surface area (Å²) < 4.78 is 2.08. The number of carboxylic acids is 1. The van der Waals surface area contributed by atoms with Crippen LogP contribution >= 0.6 is 0 Å². The number of hydrogen-bond acceptors (Lipinski definition) is 4. The molecule has 1 aliphatic rings. The molecule has 1 atom stereocenters. The third kappa shape index (κ3) is 3.84. The van der Waals surface area contributed by atoms with Gasteiger partial charge in [0.15, 0.2) is 0 Å². The van der Waals surface area contributed by atoms with E-state index in [4.69, 9.17) is 4.98 Å². The predicted molar refractivity (Wildman–Crippen MR) is 104 cm³/mol. The Hall–Kier alpha value is -3.15. The summed E-state index contributed by atoms with van der Waals surface area (Å²) >= 11 is 0. The first-order valence-corrected chi connectivity index (χ1v) is 9.21. The predicted octanol–water partition coefficient (Wildman–Crippen LogP) is 3.56. The van der Waals surface area contributed by atoms with Crippen molar-refractivity contribution in [2.45, 2.75) is 19.4 Å². The average Bonchev–Trinajstić information content (AvgIpc) is 3.21. The van der Waals surface area contributed by atoms with Crippen LogP contribution in [-0.4, -0.2) is 38.7 Å². The van der Waals surface area contributed by atoms with Gasteiger partial charge in [-0.15, -0.1) is 0 Å². The molecule has 1 aliphatic heterocycles. The summed E-state index contributed by atoms with van der Waals surface area (Å²) in [5.74, 6) is 0.0739. The molecule has 6 heteroatoms. The molecule has 1 fully saturated rings. The maximum absolute atomic E-state index is 11.8. The molecule has 6 nitrogen and oxygen atoms in total. The second kappa shape index (κ2) is 7.61. The Morgan fingerprint density at radius 3 is 2.78 bits per heavy atom. The fourth-order valence-corrected chi connectivity index (χ4v) is 3.73. The minimum atomic E-state index is -0.936. The molecule has 27 heavy (non-hydrogen) atoms. The lowest BCUT2D eigenvalue weighted by Crippen LogP contribution is -2.38. The molecule has 4 rings (SSSR count). The number of imidazole rings is 1. The van der Waals surface area contributed by atoms with E-state index in [9.17, 15) is 9.90 Å². The molecular formula is C21H22N4O2. The minimum absolute atomic E-state index is 0.262. The molecule has 0 unspecified atom stereocenters. The third-order valence-electron chi connectivity index (χ3n) is 5.02. The average molecular weight is 362 g/mol. The highest BCUT2D eigenvalue weighted by Gasteiger charge is 2.25. The number of hydrogen-bond donors (Lipinski definition) is 1. The van der Waals surface area contributed by atoms with E-state index in [2.05, 4.69) is 14.5 Å². The zero-order chi connectivity index (χ0) is 18.6. The van der Waals surface area contributed by atoms with Gasteiger partial charge in [0, 0.05) is 37.6 Å². The van der Waals surface area contributed by atoms with Crippen molar-refractivity contribution in [1.82, 2.24) is 14.5 Å². The van der Waals surface area contributed by atoms with Crippen LogP contribution in [-0.2, 0) is 6.54 Å². The SMILES string of the molecule is O=C(O)c1ccc(-c2ccccc2)nc1N1CCC[C@@H](Cn2ccnc2)C1. The Morgan fingerprint density at radius 1 is 1.19 bits per heavy atom. The second-order valence-corrected chi connectivity index (χ2v) is 6.95. The summed E-state index contributed by atoms with van der Waals surface area (Å²) in [6.07, 6.45) is 7.73. The summed E-state index contributed by atoms with van der Waals surface area (Å²) in [6.45, 7) is 2.51. The number of carboxylic acid groups (broad SMARTS) is 1. The maximum atomic E-state index is 11.8. The van der Waals surface area contributed by atoms with Crippen molar-refractivity contribution in [2.24, 2.45) is 5.92 Å². The van der Waals surface area contributed by atoms with Gasteiger partial charge in [-0.2, -0.15) is 0 Å². The molecule has 0 aliphatic carbocycles. The monoisotopic (exact) mass is 362 g/mol. The van der Waals surface area contributed by atoms with Crippen LogP contribution < -0.4 is 4.90 Å². The zero-order valence-electron chi connectivity index (χ0n) is 15.0. The van der Waals surface area contributed by atoms with E-state index >= 15 is 0 Å². The summed E-state index contributed by atoms with van der Waals surface area (Å²) in [7, 11) is 0. The lowest BCUT2D eigenvalue weighted by atomic mass is 9.97. The molecule has 1 saturated heterocycles. The number of aromatic carboxylic acids is 1. The highest BCUT2D eigenvalue weighted by atomic mass is 16.4. The Kier molecular flexibility index (Phi) is 4.87. The van der Waals surface area contributed by atoms with E-state index in [0.29, 0.717) is 11.7 Å². The molecular weight excluding hydrogens is 340 g/mol. The first kappa shape index (κ1) is 17.3. The minimum Gasteiger partial charge on any atom is -0.478 e. The quantitative estimate of drug-likeness (QED) is 0.751. The maximum Gasteiger partial charge on any atom is 0.339 e. The number of piperidine rings is 1. The van der Waals surface area contributed by atoms with E-state index in [1.807, 2.05) is 42.9 Å². The Labute approximate surface area is 158 Å². The first-order chi connectivity index (χ1) is 13.2. The summed E-state index contributed by atoms with van der Waals surface area (Å²) in [5, 5.41) is 9.65. The van der Waals surface area contributed by atoms with E-state index in [1.165, 1.54) is 0 Å². The Bertz CT molecular complexity index is 909. The number of benzene rings is 1. The third-order valence-corrected chi connectivity index (χ3v) is 5.02.